The molecule has 2 aromatic rings. The molecule has 0 bridgehead atoms. The van der Waals surface area contributed by atoms with E-state index in [-0.39, 0.29) is 5.41 Å². The number of hydrogen-bond acceptors (Lipinski definition) is 5. The average Bonchev–Trinajstić information content (AvgIpc) is 2.87. The van der Waals surface area contributed by atoms with Crippen LogP contribution in [0.4, 0.5) is 0 Å². The molecule has 5 nitrogen and oxygen atoms in total. The molecule has 0 saturated heterocycles. The van der Waals surface area contributed by atoms with E-state index in [2.05, 4.69) is 25.8 Å². The van der Waals surface area contributed by atoms with Crippen LogP contribution in [0.25, 0.3) is 0 Å². The van der Waals surface area contributed by atoms with Gasteiger partial charge in [0, 0.05) is 12.0 Å². The van der Waals surface area contributed by atoms with Crippen molar-refractivity contribution >= 4 is 17.3 Å². The number of ether oxygens (including phenoxy) is 2. The molecule has 0 amide bonds. The van der Waals surface area contributed by atoms with Crippen molar-refractivity contribution in [2.45, 2.75) is 39.5 Å². The Kier molecular flexibility index (Phi) is 5.49. The van der Waals surface area contributed by atoms with Crippen molar-refractivity contribution in [3.8, 4) is 11.5 Å². The van der Waals surface area contributed by atoms with Crippen molar-refractivity contribution in [2.24, 2.45) is 0 Å². The predicted octanol–water partition coefficient (Wildman–Crippen LogP) is 4.08. The molecule has 0 radical (unpaired) electrons. The number of rotatable bonds is 6. The van der Waals surface area contributed by atoms with E-state index in [0.717, 1.165) is 22.1 Å². The maximum absolute atomic E-state index is 11.1. The number of thiazole rings is 1. The lowest BCUT2D eigenvalue weighted by Gasteiger charge is -2.23. The number of methoxy groups -OCH3 is 1. The van der Waals surface area contributed by atoms with Crippen molar-refractivity contribution in [3.63, 3.8) is 0 Å². The van der Waals surface area contributed by atoms with Crippen molar-refractivity contribution in [3.05, 3.63) is 39.3 Å². The van der Waals surface area contributed by atoms with Gasteiger partial charge in [-0.2, -0.15) is 0 Å². The highest BCUT2D eigenvalue weighted by Gasteiger charge is 2.20. The zero-order valence-electron chi connectivity index (χ0n) is 14.7. The van der Waals surface area contributed by atoms with Gasteiger partial charge < -0.3 is 14.6 Å². The molecule has 1 heterocycles. The largest absolute Gasteiger partial charge is 0.497 e. The molecule has 1 aromatic heterocycles. The normalized spacial score (nSPS) is 11.4. The summed E-state index contributed by atoms with van der Waals surface area (Å²) in [7, 11) is 1.65. The summed E-state index contributed by atoms with van der Waals surface area (Å²) in [6.45, 7) is 8.53. The van der Waals surface area contributed by atoms with Crippen LogP contribution >= 0.6 is 11.3 Å². The minimum absolute atomic E-state index is 0.0713. The zero-order valence-corrected chi connectivity index (χ0v) is 15.5. The molecule has 0 aliphatic carbocycles. The number of aryl methyl sites for hydroxylation is 1. The van der Waals surface area contributed by atoms with Crippen molar-refractivity contribution in [2.75, 3.05) is 13.7 Å². The van der Waals surface area contributed by atoms with Gasteiger partial charge >= 0.3 is 5.97 Å². The molecular weight excluding hydrogens is 326 g/mol. The molecular formula is C18H23NO4S. The summed E-state index contributed by atoms with van der Waals surface area (Å²) < 4.78 is 11.2. The first-order valence-electron chi connectivity index (χ1n) is 7.73. The van der Waals surface area contributed by atoms with E-state index in [1.807, 2.05) is 18.2 Å². The number of hydrogen-bond donors (Lipinski definition) is 1. The van der Waals surface area contributed by atoms with Crippen molar-refractivity contribution < 1.29 is 19.4 Å². The van der Waals surface area contributed by atoms with Gasteiger partial charge in [-0.15, -0.1) is 11.3 Å². The molecule has 0 aliphatic rings. The van der Waals surface area contributed by atoms with Crippen molar-refractivity contribution in [1.82, 2.24) is 4.98 Å². The molecule has 2 rings (SSSR count). The fourth-order valence-corrected chi connectivity index (χ4v) is 3.24. The molecule has 24 heavy (non-hydrogen) atoms. The number of carboxylic acids is 1. The van der Waals surface area contributed by atoms with E-state index in [1.165, 1.54) is 11.3 Å². The van der Waals surface area contributed by atoms with Crippen LogP contribution in [0.5, 0.6) is 11.5 Å². The molecule has 0 unspecified atom stereocenters. The monoisotopic (exact) mass is 349 g/mol. The van der Waals surface area contributed by atoms with Gasteiger partial charge in [0.1, 0.15) is 16.4 Å². The highest BCUT2D eigenvalue weighted by atomic mass is 32.1. The topological polar surface area (TPSA) is 68.7 Å². The van der Waals surface area contributed by atoms with Gasteiger partial charge in [0.05, 0.1) is 24.4 Å². The Balaban J connectivity index is 2.09. The molecule has 0 fully saturated rings. The predicted molar refractivity (Wildman–Crippen MR) is 94.7 cm³/mol. The van der Waals surface area contributed by atoms with Crippen LogP contribution in [0.15, 0.2) is 18.2 Å². The Morgan fingerprint density at radius 3 is 2.58 bits per heavy atom. The average molecular weight is 349 g/mol. The second-order valence-corrected chi connectivity index (χ2v) is 7.62. The van der Waals surface area contributed by atoms with Gasteiger partial charge in [0.25, 0.3) is 0 Å². The molecule has 0 saturated carbocycles. The van der Waals surface area contributed by atoms with E-state index < -0.39 is 5.97 Å². The van der Waals surface area contributed by atoms with Gasteiger partial charge in [-0.25, -0.2) is 9.78 Å². The SMILES string of the molecule is COc1ccc(OCCc2nc(C)c(C(=O)O)s2)c(C(C)(C)C)c1. The van der Waals surface area contributed by atoms with Gasteiger partial charge in [-0.1, -0.05) is 20.8 Å². The third-order valence-electron chi connectivity index (χ3n) is 3.60. The third kappa shape index (κ3) is 4.26. The minimum atomic E-state index is -0.928. The van der Waals surface area contributed by atoms with Gasteiger partial charge in [0.15, 0.2) is 0 Å². The molecule has 0 aliphatic heterocycles. The number of carboxylic acid groups (broad SMARTS) is 1. The second-order valence-electron chi connectivity index (χ2n) is 6.54. The summed E-state index contributed by atoms with van der Waals surface area (Å²) in [4.78, 5) is 15.7. The Labute approximate surface area is 146 Å². The smallest absolute Gasteiger partial charge is 0.347 e. The van der Waals surface area contributed by atoms with Crippen LogP contribution in [0.1, 0.15) is 46.7 Å². The van der Waals surface area contributed by atoms with Crippen LogP contribution < -0.4 is 9.47 Å². The first kappa shape index (κ1) is 18.3. The Bertz CT molecular complexity index is 731. The summed E-state index contributed by atoms with van der Waals surface area (Å²) in [6.07, 6.45) is 0.578. The van der Waals surface area contributed by atoms with Crippen LogP contribution in [-0.2, 0) is 11.8 Å². The molecule has 130 valence electrons. The third-order valence-corrected chi connectivity index (χ3v) is 4.81. The fourth-order valence-electron chi connectivity index (χ4n) is 2.35. The molecule has 6 heteroatoms. The summed E-state index contributed by atoms with van der Waals surface area (Å²) in [6, 6.07) is 5.78. The lowest BCUT2D eigenvalue weighted by Crippen LogP contribution is -2.14. The summed E-state index contributed by atoms with van der Waals surface area (Å²) in [5, 5.41) is 9.86. The highest BCUT2D eigenvalue weighted by Crippen LogP contribution is 2.34. The number of aromatic carboxylic acids is 1. The molecule has 0 spiro atoms. The van der Waals surface area contributed by atoms with Crippen LogP contribution in [0.2, 0.25) is 0 Å². The number of carbonyl (C=O) groups is 1. The molecule has 1 N–H and O–H groups in total. The van der Waals surface area contributed by atoms with Crippen LogP contribution in [0.3, 0.4) is 0 Å². The second kappa shape index (κ2) is 7.21. The first-order chi connectivity index (χ1) is 11.2. The van der Waals surface area contributed by atoms with E-state index in [4.69, 9.17) is 14.6 Å². The van der Waals surface area contributed by atoms with E-state index in [9.17, 15) is 4.79 Å². The quantitative estimate of drug-likeness (QED) is 0.851. The van der Waals surface area contributed by atoms with E-state index in [0.29, 0.717) is 23.6 Å². The van der Waals surface area contributed by atoms with Gasteiger partial charge in [-0.05, 0) is 30.5 Å². The number of benzene rings is 1. The van der Waals surface area contributed by atoms with Gasteiger partial charge in [-0.3, -0.25) is 0 Å². The highest BCUT2D eigenvalue weighted by molar-refractivity contribution is 7.13. The first-order valence-corrected chi connectivity index (χ1v) is 8.55. The molecule has 1 aromatic carbocycles. The lowest BCUT2D eigenvalue weighted by atomic mass is 9.86. The Morgan fingerprint density at radius 1 is 1.33 bits per heavy atom. The maximum atomic E-state index is 11.1. The Hall–Kier alpha value is -2.08. The maximum Gasteiger partial charge on any atom is 0.347 e. The number of aromatic nitrogens is 1. The fraction of sp³-hybridized carbons (Fsp3) is 0.444. The van der Waals surface area contributed by atoms with Gasteiger partial charge in [0.2, 0.25) is 0 Å². The summed E-state index contributed by atoms with van der Waals surface area (Å²) >= 11 is 1.21. The number of nitrogens with zero attached hydrogens (tertiary/aromatic N) is 1. The van der Waals surface area contributed by atoms with Crippen molar-refractivity contribution in [1.29, 1.82) is 0 Å². The Morgan fingerprint density at radius 2 is 2.04 bits per heavy atom. The summed E-state index contributed by atoms with van der Waals surface area (Å²) in [5.74, 6) is 0.686. The van der Waals surface area contributed by atoms with E-state index >= 15 is 0 Å². The summed E-state index contributed by atoms with van der Waals surface area (Å²) in [5.41, 5.74) is 1.56. The minimum Gasteiger partial charge on any atom is -0.497 e. The molecule has 0 atom stereocenters. The zero-order chi connectivity index (χ0) is 17.9. The standard InChI is InChI=1S/C18H23NO4S/c1-11-16(17(20)21)24-15(19-11)8-9-23-14-7-6-12(22-5)10-13(14)18(2,3)4/h6-7,10H,8-9H2,1-5H3,(H,20,21). The van der Waals surface area contributed by atoms with Crippen LogP contribution in [0, 0.1) is 6.92 Å². The lowest BCUT2D eigenvalue weighted by molar-refractivity contribution is 0.0701. The van der Waals surface area contributed by atoms with Crippen LogP contribution in [-0.4, -0.2) is 29.8 Å². The van der Waals surface area contributed by atoms with E-state index in [1.54, 1.807) is 14.0 Å².